The Hall–Kier alpha value is -1.97. The highest BCUT2D eigenvalue weighted by atomic mass is 19.1. The molecule has 0 N–H and O–H groups in total. The summed E-state index contributed by atoms with van der Waals surface area (Å²) in [6, 6.07) is 4.93. The molecule has 3 rings (SSSR count). The van der Waals surface area contributed by atoms with Crippen molar-refractivity contribution in [1.82, 2.24) is 9.97 Å². The fourth-order valence-electron chi connectivity index (χ4n) is 2.86. The smallest absolute Gasteiger partial charge is 0.165 e. The summed E-state index contributed by atoms with van der Waals surface area (Å²) < 4.78 is 19.9. The lowest BCUT2D eigenvalue weighted by Gasteiger charge is -2.21. The van der Waals surface area contributed by atoms with Crippen molar-refractivity contribution in [1.29, 1.82) is 0 Å². The molecule has 0 bridgehead atoms. The van der Waals surface area contributed by atoms with Crippen molar-refractivity contribution in [3.63, 3.8) is 0 Å². The zero-order chi connectivity index (χ0) is 15.4. The zero-order valence-corrected chi connectivity index (χ0v) is 12.9. The van der Waals surface area contributed by atoms with E-state index in [9.17, 15) is 4.39 Å². The Bertz CT molecular complexity index is 621. The van der Waals surface area contributed by atoms with Gasteiger partial charge in [-0.15, -0.1) is 0 Å². The molecule has 0 unspecified atom stereocenters. The molecule has 0 aliphatic heterocycles. The van der Waals surface area contributed by atoms with Crippen molar-refractivity contribution in [2.75, 3.05) is 6.61 Å². The average molecular weight is 300 g/mol. The molecular formula is C18H21FN2O. The second-order valence-electron chi connectivity index (χ2n) is 6.04. The van der Waals surface area contributed by atoms with Gasteiger partial charge in [0.25, 0.3) is 0 Å². The molecule has 1 aromatic heterocycles. The van der Waals surface area contributed by atoms with Crippen LogP contribution in [-0.4, -0.2) is 16.6 Å². The second-order valence-corrected chi connectivity index (χ2v) is 6.04. The Morgan fingerprint density at radius 3 is 2.55 bits per heavy atom. The normalized spacial score (nSPS) is 15.7. The maximum Gasteiger partial charge on any atom is 0.165 e. The van der Waals surface area contributed by atoms with Gasteiger partial charge in [0.2, 0.25) is 0 Å². The Morgan fingerprint density at radius 1 is 1.14 bits per heavy atom. The molecular weight excluding hydrogens is 279 g/mol. The van der Waals surface area contributed by atoms with Crippen LogP contribution in [0.1, 0.15) is 37.7 Å². The quantitative estimate of drug-likeness (QED) is 0.831. The van der Waals surface area contributed by atoms with E-state index >= 15 is 0 Å². The van der Waals surface area contributed by atoms with E-state index in [-0.39, 0.29) is 5.82 Å². The third-order valence-corrected chi connectivity index (χ3v) is 4.17. The first-order valence-electron chi connectivity index (χ1n) is 7.94. The fourth-order valence-corrected chi connectivity index (χ4v) is 2.86. The number of nitrogens with zero attached hydrogens (tertiary/aromatic N) is 2. The maximum atomic E-state index is 14.2. The largest absolute Gasteiger partial charge is 0.490 e. The van der Waals surface area contributed by atoms with Crippen LogP contribution in [0.15, 0.2) is 30.6 Å². The molecule has 0 amide bonds. The summed E-state index contributed by atoms with van der Waals surface area (Å²) in [5.74, 6) is 1.07. The molecule has 1 heterocycles. The first-order valence-corrected chi connectivity index (χ1v) is 7.94. The molecule has 1 saturated carbocycles. The van der Waals surface area contributed by atoms with E-state index in [2.05, 4.69) is 9.97 Å². The predicted molar refractivity (Wildman–Crippen MR) is 84.2 cm³/mol. The van der Waals surface area contributed by atoms with Crippen LogP contribution in [-0.2, 0) is 0 Å². The van der Waals surface area contributed by atoms with Gasteiger partial charge in [0.15, 0.2) is 17.4 Å². The molecule has 0 saturated heterocycles. The first-order chi connectivity index (χ1) is 10.7. The third kappa shape index (κ3) is 3.62. The van der Waals surface area contributed by atoms with Crippen molar-refractivity contribution >= 4 is 0 Å². The molecule has 1 aromatic carbocycles. The SMILES string of the molecule is Cc1cnc(-c2ccc(OCC3CCCCC3)c(F)c2)nc1. The van der Waals surface area contributed by atoms with Crippen molar-refractivity contribution in [2.24, 2.45) is 5.92 Å². The number of benzene rings is 1. The Morgan fingerprint density at radius 2 is 1.86 bits per heavy atom. The monoisotopic (exact) mass is 300 g/mol. The molecule has 1 fully saturated rings. The van der Waals surface area contributed by atoms with Gasteiger partial charge in [-0.05, 0) is 49.4 Å². The average Bonchev–Trinajstić information content (AvgIpc) is 2.55. The van der Waals surface area contributed by atoms with Gasteiger partial charge in [0, 0.05) is 18.0 Å². The Kier molecular flexibility index (Phi) is 4.66. The fraction of sp³-hybridized carbons (Fsp3) is 0.444. The number of halogens is 1. The van der Waals surface area contributed by atoms with Crippen molar-refractivity contribution in [3.8, 4) is 17.1 Å². The molecule has 1 aliphatic carbocycles. The van der Waals surface area contributed by atoms with Crippen LogP contribution in [0.2, 0.25) is 0 Å². The van der Waals surface area contributed by atoms with Gasteiger partial charge >= 0.3 is 0 Å². The summed E-state index contributed by atoms with van der Waals surface area (Å²) in [5.41, 5.74) is 1.65. The van der Waals surface area contributed by atoms with Crippen LogP contribution in [0.4, 0.5) is 4.39 Å². The van der Waals surface area contributed by atoms with E-state index in [1.165, 1.54) is 38.2 Å². The molecule has 4 heteroatoms. The number of hydrogen-bond donors (Lipinski definition) is 0. The van der Waals surface area contributed by atoms with Gasteiger partial charge < -0.3 is 4.74 Å². The van der Waals surface area contributed by atoms with E-state index in [1.54, 1.807) is 18.5 Å². The lowest BCUT2D eigenvalue weighted by atomic mass is 9.90. The standard InChI is InChI=1S/C18H21FN2O/c1-13-10-20-18(21-11-13)15-7-8-17(16(19)9-15)22-12-14-5-3-2-4-6-14/h7-11,14H,2-6,12H2,1H3. The van der Waals surface area contributed by atoms with E-state index in [0.29, 0.717) is 29.7 Å². The minimum absolute atomic E-state index is 0.321. The summed E-state index contributed by atoms with van der Waals surface area (Å²) in [6.07, 6.45) is 9.69. The predicted octanol–water partition coefficient (Wildman–Crippen LogP) is 4.55. The van der Waals surface area contributed by atoms with Gasteiger partial charge in [0.1, 0.15) is 0 Å². The third-order valence-electron chi connectivity index (χ3n) is 4.17. The lowest BCUT2D eigenvalue weighted by molar-refractivity contribution is 0.202. The highest BCUT2D eigenvalue weighted by Crippen LogP contribution is 2.27. The minimum Gasteiger partial charge on any atom is -0.490 e. The van der Waals surface area contributed by atoms with Crippen LogP contribution in [0, 0.1) is 18.7 Å². The van der Waals surface area contributed by atoms with E-state index in [0.717, 1.165) is 5.56 Å². The Labute approximate surface area is 130 Å². The molecule has 1 aliphatic rings. The van der Waals surface area contributed by atoms with Crippen molar-refractivity contribution in [3.05, 3.63) is 42.0 Å². The number of aryl methyl sites for hydroxylation is 1. The van der Waals surface area contributed by atoms with Gasteiger partial charge in [-0.3, -0.25) is 0 Å². The highest BCUT2D eigenvalue weighted by Gasteiger charge is 2.15. The number of aromatic nitrogens is 2. The summed E-state index contributed by atoms with van der Waals surface area (Å²) in [5, 5.41) is 0. The molecule has 22 heavy (non-hydrogen) atoms. The number of rotatable bonds is 4. The van der Waals surface area contributed by atoms with Gasteiger partial charge in [-0.25, -0.2) is 14.4 Å². The van der Waals surface area contributed by atoms with Crippen molar-refractivity contribution in [2.45, 2.75) is 39.0 Å². The highest BCUT2D eigenvalue weighted by molar-refractivity contribution is 5.56. The molecule has 2 aromatic rings. The van der Waals surface area contributed by atoms with Crippen LogP contribution < -0.4 is 4.74 Å². The summed E-state index contributed by atoms with van der Waals surface area (Å²) in [4.78, 5) is 8.44. The van der Waals surface area contributed by atoms with Gasteiger partial charge in [-0.1, -0.05) is 19.3 Å². The molecule has 3 nitrogen and oxygen atoms in total. The summed E-state index contributed by atoms with van der Waals surface area (Å²) in [7, 11) is 0. The minimum atomic E-state index is -0.350. The topological polar surface area (TPSA) is 35.0 Å². The van der Waals surface area contributed by atoms with Crippen LogP contribution in [0.5, 0.6) is 5.75 Å². The van der Waals surface area contributed by atoms with E-state index in [1.807, 2.05) is 13.0 Å². The number of ether oxygens (including phenoxy) is 1. The van der Waals surface area contributed by atoms with E-state index < -0.39 is 0 Å². The number of hydrogen-bond acceptors (Lipinski definition) is 3. The van der Waals surface area contributed by atoms with Crippen LogP contribution in [0.25, 0.3) is 11.4 Å². The first kappa shape index (κ1) is 14.9. The van der Waals surface area contributed by atoms with Crippen LogP contribution >= 0.6 is 0 Å². The summed E-state index contributed by atoms with van der Waals surface area (Å²) in [6.45, 7) is 2.53. The molecule has 0 radical (unpaired) electrons. The molecule has 0 spiro atoms. The van der Waals surface area contributed by atoms with Crippen LogP contribution in [0.3, 0.4) is 0 Å². The van der Waals surface area contributed by atoms with Crippen molar-refractivity contribution < 1.29 is 9.13 Å². The molecule has 0 atom stereocenters. The van der Waals surface area contributed by atoms with Gasteiger partial charge in [0.05, 0.1) is 6.61 Å². The molecule has 116 valence electrons. The summed E-state index contributed by atoms with van der Waals surface area (Å²) >= 11 is 0. The second kappa shape index (κ2) is 6.86. The van der Waals surface area contributed by atoms with E-state index in [4.69, 9.17) is 4.74 Å². The van der Waals surface area contributed by atoms with Gasteiger partial charge in [-0.2, -0.15) is 0 Å². The zero-order valence-electron chi connectivity index (χ0n) is 12.9. The Balaban J connectivity index is 1.67. The lowest BCUT2D eigenvalue weighted by Crippen LogP contribution is -2.15. The maximum absolute atomic E-state index is 14.2.